The maximum Gasteiger partial charge on any atom is 0.0963 e. The van der Waals surface area contributed by atoms with E-state index in [4.69, 9.17) is 11.6 Å². The smallest absolute Gasteiger partial charge is 0.0963 e. The molecular weight excluding hydrogens is 302 g/mol. The minimum Gasteiger partial charge on any atom is -0.248 e. The minimum atomic E-state index is 0.279. The first-order valence-corrected chi connectivity index (χ1v) is 6.77. The van der Waals surface area contributed by atoms with Gasteiger partial charge in [-0.1, -0.05) is 51.8 Å². The van der Waals surface area contributed by atoms with Crippen LogP contribution in [0.5, 0.6) is 0 Å². The van der Waals surface area contributed by atoms with Gasteiger partial charge < -0.3 is 0 Å². The Bertz CT molecular complexity index is 481. The van der Waals surface area contributed by atoms with Gasteiger partial charge in [0.05, 0.1) is 17.1 Å². The van der Waals surface area contributed by atoms with Crippen LogP contribution in [0.2, 0.25) is 5.02 Å². The number of benzene rings is 1. The number of alkyl halides is 1. The number of hydrogen-bond acceptors (Lipinski definition) is 2. The van der Waals surface area contributed by atoms with Crippen molar-refractivity contribution < 1.29 is 0 Å². The van der Waals surface area contributed by atoms with Gasteiger partial charge in [0.15, 0.2) is 0 Å². The summed E-state index contributed by atoms with van der Waals surface area (Å²) in [7, 11) is 0. The lowest BCUT2D eigenvalue weighted by Crippen LogP contribution is -2.00. The molecular formula is C12H13BrClN3. The van der Waals surface area contributed by atoms with Crippen LogP contribution >= 0.6 is 27.5 Å². The molecule has 0 saturated carbocycles. The molecule has 0 spiro atoms. The molecule has 2 rings (SSSR count). The van der Waals surface area contributed by atoms with Gasteiger partial charge in [0, 0.05) is 11.2 Å². The second-order valence-corrected chi connectivity index (χ2v) is 5.38. The first kappa shape index (κ1) is 12.6. The van der Waals surface area contributed by atoms with Crippen LogP contribution in [-0.2, 0) is 6.54 Å². The molecule has 1 aromatic carbocycles. The molecule has 0 aliphatic heterocycles. The first-order chi connectivity index (χ1) is 8.19. The lowest BCUT2D eigenvalue weighted by atomic mass is 10.2. The first-order valence-electron chi connectivity index (χ1n) is 5.47. The molecule has 0 N–H and O–H groups in total. The van der Waals surface area contributed by atoms with E-state index in [1.54, 1.807) is 0 Å². The Morgan fingerprint density at radius 2 is 2.06 bits per heavy atom. The lowest BCUT2D eigenvalue weighted by Gasteiger charge is -2.01. The topological polar surface area (TPSA) is 30.7 Å². The molecule has 0 aliphatic rings. The summed E-state index contributed by atoms with van der Waals surface area (Å²) in [6.07, 6.45) is 2.97. The van der Waals surface area contributed by atoms with E-state index in [1.165, 1.54) is 0 Å². The number of rotatable bonds is 4. The number of hydrogen-bond donors (Lipinski definition) is 0. The fourth-order valence-electron chi connectivity index (χ4n) is 1.52. The molecule has 5 heteroatoms. The summed E-state index contributed by atoms with van der Waals surface area (Å²) in [4.78, 5) is 0.279. The highest BCUT2D eigenvalue weighted by atomic mass is 79.9. The molecule has 17 heavy (non-hydrogen) atoms. The van der Waals surface area contributed by atoms with E-state index < -0.39 is 0 Å². The Hall–Kier alpha value is -0.870. The molecule has 0 saturated heterocycles. The van der Waals surface area contributed by atoms with E-state index in [9.17, 15) is 0 Å². The van der Waals surface area contributed by atoms with Gasteiger partial charge in [-0.2, -0.15) is 0 Å². The zero-order valence-corrected chi connectivity index (χ0v) is 11.8. The van der Waals surface area contributed by atoms with Gasteiger partial charge in [0.1, 0.15) is 0 Å². The van der Waals surface area contributed by atoms with Crippen LogP contribution in [0.4, 0.5) is 0 Å². The molecule has 1 atom stereocenters. The van der Waals surface area contributed by atoms with Gasteiger partial charge in [-0.05, 0) is 24.1 Å². The van der Waals surface area contributed by atoms with Gasteiger partial charge in [-0.25, -0.2) is 4.68 Å². The molecule has 1 unspecified atom stereocenters. The Morgan fingerprint density at radius 3 is 2.71 bits per heavy atom. The van der Waals surface area contributed by atoms with Crippen LogP contribution in [0, 0.1) is 0 Å². The maximum absolute atomic E-state index is 5.84. The van der Waals surface area contributed by atoms with Crippen molar-refractivity contribution in [2.24, 2.45) is 0 Å². The summed E-state index contributed by atoms with van der Waals surface area (Å²) >= 11 is 9.40. The van der Waals surface area contributed by atoms with Gasteiger partial charge in [0.25, 0.3) is 0 Å². The predicted molar refractivity (Wildman–Crippen MR) is 72.5 cm³/mol. The SMILES string of the molecule is CCC(Br)c1cn(Cc2ccc(Cl)cc2)nn1. The lowest BCUT2D eigenvalue weighted by molar-refractivity contribution is 0.649. The highest BCUT2D eigenvalue weighted by Crippen LogP contribution is 2.23. The average Bonchev–Trinajstić information content (AvgIpc) is 2.80. The zero-order chi connectivity index (χ0) is 12.3. The van der Waals surface area contributed by atoms with Crippen LogP contribution in [0.3, 0.4) is 0 Å². The molecule has 0 amide bonds. The van der Waals surface area contributed by atoms with Crippen LogP contribution < -0.4 is 0 Å². The largest absolute Gasteiger partial charge is 0.248 e. The Kier molecular flexibility index (Phi) is 4.18. The summed E-state index contributed by atoms with van der Waals surface area (Å²) in [6, 6.07) is 7.76. The monoisotopic (exact) mass is 313 g/mol. The molecule has 0 aliphatic carbocycles. The van der Waals surface area contributed by atoms with Crippen LogP contribution in [0.15, 0.2) is 30.5 Å². The van der Waals surface area contributed by atoms with Crippen LogP contribution in [-0.4, -0.2) is 15.0 Å². The summed E-state index contributed by atoms with van der Waals surface area (Å²) in [5.74, 6) is 0. The molecule has 2 aromatic rings. The van der Waals surface area contributed by atoms with Crippen molar-refractivity contribution in [1.29, 1.82) is 0 Å². The molecule has 0 bridgehead atoms. The van der Waals surface area contributed by atoms with Crippen molar-refractivity contribution in [2.45, 2.75) is 24.7 Å². The van der Waals surface area contributed by atoms with E-state index in [2.05, 4.69) is 33.2 Å². The summed E-state index contributed by atoms with van der Waals surface area (Å²) in [5.41, 5.74) is 2.13. The average molecular weight is 315 g/mol. The fourth-order valence-corrected chi connectivity index (χ4v) is 1.86. The zero-order valence-electron chi connectivity index (χ0n) is 9.48. The van der Waals surface area contributed by atoms with E-state index in [-0.39, 0.29) is 4.83 Å². The third-order valence-corrected chi connectivity index (χ3v) is 3.86. The van der Waals surface area contributed by atoms with E-state index in [0.717, 1.165) is 22.7 Å². The third-order valence-electron chi connectivity index (χ3n) is 2.49. The van der Waals surface area contributed by atoms with Crippen molar-refractivity contribution in [2.75, 3.05) is 0 Å². The molecule has 1 aromatic heterocycles. The Balaban J connectivity index is 2.08. The maximum atomic E-state index is 5.84. The fraction of sp³-hybridized carbons (Fsp3) is 0.333. The number of nitrogens with zero attached hydrogens (tertiary/aromatic N) is 3. The Labute approximate surface area is 114 Å². The Morgan fingerprint density at radius 1 is 1.35 bits per heavy atom. The van der Waals surface area contributed by atoms with Crippen molar-refractivity contribution >= 4 is 27.5 Å². The standard InChI is InChI=1S/C12H13BrClN3/c1-2-11(13)12-8-17(16-15-12)7-9-3-5-10(14)6-4-9/h3-6,8,11H,2,7H2,1H3. The predicted octanol–water partition coefficient (Wildman–Crippen LogP) is 3.83. The van der Waals surface area contributed by atoms with Crippen molar-refractivity contribution in [3.8, 4) is 0 Å². The number of aromatic nitrogens is 3. The second kappa shape index (κ2) is 5.65. The third kappa shape index (κ3) is 3.30. The van der Waals surface area contributed by atoms with Crippen molar-refractivity contribution in [3.63, 3.8) is 0 Å². The van der Waals surface area contributed by atoms with Gasteiger partial charge in [-0.3, -0.25) is 0 Å². The molecule has 0 fully saturated rings. The molecule has 3 nitrogen and oxygen atoms in total. The quantitative estimate of drug-likeness (QED) is 0.803. The minimum absolute atomic E-state index is 0.279. The second-order valence-electron chi connectivity index (χ2n) is 3.84. The molecule has 1 heterocycles. The highest BCUT2D eigenvalue weighted by molar-refractivity contribution is 9.09. The summed E-state index contributed by atoms with van der Waals surface area (Å²) in [5, 5.41) is 9.00. The van der Waals surface area contributed by atoms with Crippen molar-refractivity contribution in [3.05, 3.63) is 46.7 Å². The van der Waals surface area contributed by atoms with E-state index in [0.29, 0.717) is 6.54 Å². The molecule has 0 radical (unpaired) electrons. The van der Waals surface area contributed by atoms with Crippen LogP contribution in [0.25, 0.3) is 0 Å². The van der Waals surface area contributed by atoms with E-state index in [1.807, 2.05) is 35.1 Å². The van der Waals surface area contributed by atoms with Gasteiger partial charge in [0.2, 0.25) is 0 Å². The highest BCUT2D eigenvalue weighted by Gasteiger charge is 2.09. The van der Waals surface area contributed by atoms with Crippen molar-refractivity contribution in [1.82, 2.24) is 15.0 Å². The number of halogens is 2. The van der Waals surface area contributed by atoms with Crippen LogP contribution in [0.1, 0.15) is 29.4 Å². The molecule has 90 valence electrons. The van der Waals surface area contributed by atoms with Gasteiger partial charge >= 0.3 is 0 Å². The summed E-state index contributed by atoms with van der Waals surface area (Å²) < 4.78 is 1.84. The van der Waals surface area contributed by atoms with E-state index >= 15 is 0 Å². The van der Waals surface area contributed by atoms with Gasteiger partial charge in [-0.15, -0.1) is 5.10 Å². The normalized spacial score (nSPS) is 12.6. The summed E-state index contributed by atoms with van der Waals surface area (Å²) in [6.45, 7) is 2.82.